The van der Waals surface area contributed by atoms with Gasteiger partial charge in [0.05, 0.1) is 19.6 Å². The predicted molar refractivity (Wildman–Crippen MR) is 161 cm³/mol. The summed E-state index contributed by atoms with van der Waals surface area (Å²) >= 11 is 0. The van der Waals surface area contributed by atoms with E-state index in [4.69, 9.17) is 19.9 Å². The molecule has 230 valence electrons. The number of hydrogen-bond donors (Lipinski definition) is 2. The van der Waals surface area contributed by atoms with Crippen LogP contribution < -0.4 is 24.8 Å². The summed E-state index contributed by atoms with van der Waals surface area (Å²) in [5, 5.41) is 10.6. The highest BCUT2D eigenvalue weighted by Gasteiger charge is 2.47. The van der Waals surface area contributed by atoms with Gasteiger partial charge in [-0.1, -0.05) is 25.5 Å². The number of carbonyl (C=O) groups excluding carboxylic acids is 1. The second kappa shape index (κ2) is 13.5. The molecule has 11 nitrogen and oxygen atoms in total. The van der Waals surface area contributed by atoms with Crippen molar-refractivity contribution in [2.45, 2.75) is 51.1 Å². The average Bonchev–Trinajstić information content (AvgIpc) is 3.74. The monoisotopic (exact) mass is 591 g/mol. The molecule has 3 atom stereocenters. The van der Waals surface area contributed by atoms with Crippen LogP contribution in [0.15, 0.2) is 48.8 Å². The molecule has 0 unspecified atom stereocenters. The van der Waals surface area contributed by atoms with Crippen LogP contribution in [-0.2, 0) is 29.6 Å². The lowest BCUT2D eigenvalue weighted by atomic mass is 9.83. The predicted octanol–water partition coefficient (Wildman–Crippen LogP) is 3.55. The van der Waals surface area contributed by atoms with E-state index in [9.17, 15) is 14.7 Å². The van der Waals surface area contributed by atoms with Crippen LogP contribution in [-0.4, -0.2) is 71.0 Å². The molecule has 2 aliphatic heterocycles. The number of aromatic nitrogens is 2. The van der Waals surface area contributed by atoms with Crippen LogP contribution in [0, 0.1) is 5.92 Å². The summed E-state index contributed by atoms with van der Waals surface area (Å²) in [5.74, 6) is 0.277. The van der Waals surface area contributed by atoms with E-state index in [0.29, 0.717) is 49.7 Å². The van der Waals surface area contributed by atoms with Crippen LogP contribution in [0.5, 0.6) is 17.2 Å². The number of nitrogens with zero attached hydrogens (tertiary/aromatic N) is 4. The maximum Gasteiger partial charge on any atom is 0.308 e. The maximum absolute atomic E-state index is 14.0. The molecule has 1 fully saturated rings. The molecular formula is C32H41N5O6. The molecule has 1 saturated heterocycles. The summed E-state index contributed by atoms with van der Waals surface area (Å²) in [7, 11) is 3.48. The highest BCUT2D eigenvalue weighted by molar-refractivity contribution is 5.95. The number of likely N-dealkylation sites (tertiary alicyclic amines) is 1. The minimum atomic E-state index is -0.903. The summed E-state index contributed by atoms with van der Waals surface area (Å²) in [6.45, 7) is 3.60. The molecule has 2 aliphatic rings. The fourth-order valence-corrected chi connectivity index (χ4v) is 6.29. The zero-order chi connectivity index (χ0) is 30.5. The molecule has 3 aromatic rings. The number of aryl methyl sites for hydroxylation is 2. The normalized spacial score (nSPS) is 19.5. The Labute approximate surface area is 252 Å². The van der Waals surface area contributed by atoms with Crippen molar-refractivity contribution in [3.8, 4) is 17.2 Å². The van der Waals surface area contributed by atoms with Gasteiger partial charge in [0.15, 0.2) is 11.5 Å². The van der Waals surface area contributed by atoms with Crippen LogP contribution in [0.25, 0.3) is 0 Å². The molecule has 0 bridgehead atoms. The highest BCUT2D eigenvalue weighted by Crippen LogP contribution is 2.47. The number of methoxy groups -OCH3 is 1. The molecule has 0 saturated carbocycles. The topological polar surface area (TPSA) is 132 Å². The number of carboxylic acids is 1. The first-order chi connectivity index (χ1) is 20.8. The molecule has 0 aliphatic carbocycles. The van der Waals surface area contributed by atoms with E-state index >= 15 is 0 Å². The molecule has 2 aromatic carbocycles. The summed E-state index contributed by atoms with van der Waals surface area (Å²) in [6, 6.07) is 11.0. The maximum atomic E-state index is 14.0. The summed E-state index contributed by atoms with van der Waals surface area (Å²) in [4.78, 5) is 35.3. The van der Waals surface area contributed by atoms with Crippen molar-refractivity contribution in [2.75, 3.05) is 38.4 Å². The van der Waals surface area contributed by atoms with Crippen LogP contribution >= 0.6 is 0 Å². The van der Waals surface area contributed by atoms with Crippen molar-refractivity contribution in [1.82, 2.24) is 14.5 Å². The Morgan fingerprint density at radius 1 is 1.23 bits per heavy atom. The quantitative estimate of drug-likeness (QED) is 0.306. The van der Waals surface area contributed by atoms with Gasteiger partial charge in [0.25, 0.3) is 0 Å². The van der Waals surface area contributed by atoms with Crippen molar-refractivity contribution >= 4 is 17.6 Å². The van der Waals surface area contributed by atoms with Gasteiger partial charge in [0.2, 0.25) is 18.4 Å². The molecule has 1 amide bonds. The number of aliphatic carboxylic acids is 1. The molecule has 11 heteroatoms. The Morgan fingerprint density at radius 3 is 2.77 bits per heavy atom. The van der Waals surface area contributed by atoms with Crippen LogP contribution in [0.3, 0.4) is 0 Å². The summed E-state index contributed by atoms with van der Waals surface area (Å²) in [6.07, 6.45) is 6.51. The standard InChI is InChI=1S/C32H41N5O6/c1-4-5-12-37(23-8-6-7-21(14-23)17-33)29(38)19-36-18-24(22-15-26(41-3)31-27(16-22)42-20-43-31)30(32(39)40)25(36)9-10-28-34-11-13-35(28)2/h6-8,11,13-16,24-25,30H,4-5,9-10,12,17-20,33H2,1-3H3,(H,39,40)/t24-,25+,30-/m1/s1. The van der Waals surface area contributed by atoms with Gasteiger partial charge in [-0.05, 0) is 48.2 Å². The van der Waals surface area contributed by atoms with Crippen molar-refractivity contribution in [3.63, 3.8) is 0 Å². The van der Waals surface area contributed by atoms with Gasteiger partial charge in [0, 0.05) is 63.1 Å². The molecule has 3 N–H and O–H groups in total. The fraction of sp³-hybridized carbons (Fsp3) is 0.469. The number of imidazole rings is 1. The number of nitrogens with two attached hydrogens (primary N) is 1. The first-order valence-electron chi connectivity index (χ1n) is 14.8. The molecule has 43 heavy (non-hydrogen) atoms. The van der Waals surface area contributed by atoms with Crippen molar-refractivity contribution in [3.05, 3.63) is 65.7 Å². The minimum absolute atomic E-state index is 0.0716. The number of unbranched alkanes of at least 4 members (excludes halogenated alkanes) is 1. The number of carboxylic acid groups (broad SMARTS) is 1. The number of ether oxygens (including phenoxy) is 3. The van der Waals surface area contributed by atoms with Crippen molar-refractivity contribution < 1.29 is 28.9 Å². The van der Waals surface area contributed by atoms with Crippen LogP contribution in [0.4, 0.5) is 5.69 Å². The van der Waals surface area contributed by atoms with Crippen molar-refractivity contribution in [2.24, 2.45) is 18.7 Å². The highest BCUT2D eigenvalue weighted by atomic mass is 16.7. The third kappa shape index (κ3) is 6.47. The molecule has 1 aromatic heterocycles. The first kappa shape index (κ1) is 30.4. The Balaban J connectivity index is 1.48. The van der Waals surface area contributed by atoms with Gasteiger partial charge in [-0.3, -0.25) is 14.5 Å². The Bertz CT molecular complexity index is 1440. The number of fused-ring (bicyclic) bond motifs is 1. The molecule has 0 radical (unpaired) electrons. The van der Waals surface area contributed by atoms with Crippen LogP contribution in [0.2, 0.25) is 0 Å². The first-order valence-corrected chi connectivity index (χ1v) is 14.8. The molecular weight excluding hydrogens is 550 g/mol. The molecule has 3 heterocycles. The van der Waals surface area contributed by atoms with Gasteiger partial charge >= 0.3 is 5.97 Å². The third-order valence-corrected chi connectivity index (χ3v) is 8.56. The Kier molecular flexibility index (Phi) is 9.52. The third-order valence-electron chi connectivity index (χ3n) is 8.56. The lowest BCUT2D eigenvalue weighted by Gasteiger charge is -2.30. The number of carbonyl (C=O) groups is 2. The minimum Gasteiger partial charge on any atom is -0.493 e. The second-order valence-corrected chi connectivity index (χ2v) is 11.2. The van der Waals surface area contributed by atoms with Crippen molar-refractivity contribution in [1.29, 1.82) is 0 Å². The smallest absolute Gasteiger partial charge is 0.308 e. The zero-order valence-electron chi connectivity index (χ0n) is 25.1. The van der Waals surface area contributed by atoms with E-state index in [2.05, 4.69) is 11.9 Å². The largest absolute Gasteiger partial charge is 0.493 e. The van der Waals surface area contributed by atoms with E-state index in [0.717, 1.165) is 35.5 Å². The molecule has 0 spiro atoms. The van der Waals surface area contributed by atoms with E-state index in [1.165, 1.54) is 0 Å². The number of benzene rings is 2. The van der Waals surface area contributed by atoms with Gasteiger partial charge in [0.1, 0.15) is 5.82 Å². The zero-order valence-corrected chi connectivity index (χ0v) is 25.1. The van der Waals surface area contributed by atoms with E-state index < -0.39 is 23.8 Å². The SMILES string of the molecule is CCCCN(C(=O)CN1C[C@H](c2cc(OC)c3c(c2)OCO3)[C@@H](C(=O)O)[C@@H]1CCc1nccn1C)c1cccc(CN)c1. The van der Waals surface area contributed by atoms with Gasteiger partial charge in [-0.25, -0.2) is 4.98 Å². The summed E-state index contributed by atoms with van der Waals surface area (Å²) in [5.41, 5.74) is 8.43. The number of amides is 1. The average molecular weight is 592 g/mol. The number of rotatable bonds is 13. The molecule has 5 rings (SSSR count). The Hall–Kier alpha value is -4.09. The second-order valence-electron chi connectivity index (χ2n) is 11.2. The van der Waals surface area contributed by atoms with E-state index in [1.807, 2.05) is 64.0 Å². The van der Waals surface area contributed by atoms with E-state index in [-0.39, 0.29) is 19.2 Å². The number of hydrogen-bond acceptors (Lipinski definition) is 8. The van der Waals surface area contributed by atoms with Gasteiger partial charge in [-0.15, -0.1) is 0 Å². The Morgan fingerprint density at radius 2 is 2.07 bits per heavy atom. The van der Waals surface area contributed by atoms with Gasteiger partial charge in [-0.2, -0.15) is 0 Å². The van der Waals surface area contributed by atoms with Gasteiger partial charge < -0.3 is 34.5 Å². The number of anilines is 1. The lowest BCUT2D eigenvalue weighted by molar-refractivity contribution is -0.143. The lowest BCUT2D eigenvalue weighted by Crippen LogP contribution is -2.44. The fourth-order valence-electron chi connectivity index (χ4n) is 6.29. The van der Waals surface area contributed by atoms with E-state index in [1.54, 1.807) is 13.3 Å². The van der Waals surface area contributed by atoms with Crippen LogP contribution in [0.1, 0.15) is 49.1 Å². The summed E-state index contributed by atoms with van der Waals surface area (Å²) < 4.78 is 18.7.